The molecule has 10 nitrogen and oxygen atoms in total. The van der Waals surface area contributed by atoms with Crippen LogP contribution in [-0.4, -0.2) is 68.8 Å². The second kappa shape index (κ2) is 13.3. The molecule has 2 N–H and O–H groups in total. The van der Waals surface area contributed by atoms with Crippen molar-refractivity contribution in [3.63, 3.8) is 0 Å². The van der Waals surface area contributed by atoms with E-state index in [0.717, 1.165) is 42.8 Å². The van der Waals surface area contributed by atoms with Crippen molar-refractivity contribution in [1.82, 2.24) is 14.5 Å². The van der Waals surface area contributed by atoms with Crippen molar-refractivity contribution in [3.05, 3.63) is 45.8 Å². The summed E-state index contributed by atoms with van der Waals surface area (Å²) in [4.78, 5) is 41.5. The molecule has 3 rings (SSSR count). The molecule has 3 amide bonds. The lowest BCUT2D eigenvalue weighted by molar-refractivity contribution is 0.0924. The summed E-state index contributed by atoms with van der Waals surface area (Å²) >= 11 is 1.31. The molecule has 12 heteroatoms. The van der Waals surface area contributed by atoms with E-state index in [1.165, 1.54) is 47.0 Å². The number of rotatable bonds is 11. The Bertz CT molecular complexity index is 1260. The highest BCUT2D eigenvalue weighted by molar-refractivity contribution is 7.89. The minimum Gasteiger partial charge on any atom is -0.450 e. The van der Waals surface area contributed by atoms with Crippen molar-refractivity contribution in [2.45, 2.75) is 57.9 Å². The number of sulfonamides is 1. The first-order valence-electron chi connectivity index (χ1n) is 12.8. The fourth-order valence-corrected chi connectivity index (χ4v) is 6.74. The third-order valence-corrected chi connectivity index (χ3v) is 9.28. The van der Waals surface area contributed by atoms with E-state index >= 15 is 0 Å². The zero-order chi connectivity index (χ0) is 27.9. The number of alkyl carbamates (subject to hydrolysis) is 1. The van der Waals surface area contributed by atoms with Crippen LogP contribution in [0.2, 0.25) is 0 Å². The molecular weight excluding hydrogens is 528 g/mol. The maximum atomic E-state index is 13.1. The number of fused-ring (bicyclic) bond motifs is 1. The molecule has 1 aromatic carbocycles. The largest absolute Gasteiger partial charge is 0.450 e. The van der Waals surface area contributed by atoms with Crippen LogP contribution in [0.15, 0.2) is 29.2 Å². The summed E-state index contributed by atoms with van der Waals surface area (Å²) in [5.74, 6) is -1.11. The smallest absolute Gasteiger partial charge is 0.414 e. The number of nitrogens with one attached hydrogen (secondary N) is 2. The monoisotopic (exact) mass is 564 g/mol. The molecule has 1 aromatic heterocycles. The van der Waals surface area contributed by atoms with Crippen LogP contribution in [0.5, 0.6) is 0 Å². The number of ether oxygens (including phenoxy) is 1. The van der Waals surface area contributed by atoms with Gasteiger partial charge in [0.2, 0.25) is 10.0 Å². The molecule has 1 aliphatic heterocycles. The highest BCUT2D eigenvalue weighted by atomic mass is 32.2. The number of carbonyl (C=O) groups is 3. The summed E-state index contributed by atoms with van der Waals surface area (Å²) in [7, 11) is -2.12. The Morgan fingerprint density at radius 1 is 1.08 bits per heavy atom. The number of unbranched alkanes of at least 4 members (excludes halogenated alkanes) is 1. The topological polar surface area (TPSA) is 125 Å². The van der Waals surface area contributed by atoms with Gasteiger partial charge in [-0.1, -0.05) is 20.3 Å². The van der Waals surface area contributed by atoms with Crippen molar-refractivity contribution in [2.75, 3.05) is 38.6 Å². The number of carbonyl (C=O) groups excluding carboxylic acids is 3. The number of hydrogen-bond donors (Lipinski definition) is 2. The van der Waals surface area contributed by atoms with Gasteiger partial charge in [0, 0.05) is 37.1 Å². The zero-order valence-electron chi connectivity index (χ0n) is 22.3. The lowest BCUT2D eigenvalue weighted by Gasteiger charge is -2.26. The average molecular weight is 565 g/mol. The molecule has 0 radical (unpaired) electrons. The molecule has 0 bridgehead atoms. The van der Waals surface area contributed by atoms with Gasteiger partial charge in [0.1, 0.15) is 5.00 Å². The number of thiophene rings is 1. The summed E-state index contributed by atoms with van der Waals surface area (Å²) in [6.45, 7) is 8.62. The van der Waals surface area contributed by atoms with Crippen LogP contribution in [0.4, 0.5) is 9.80 Å². The molecule has 2 heterocycles. The second-order valence-corrected chi connectivity index (χ2v) is 12.2. The maximum absolute atomic E-state index is 13.1. The van der Waals surface area contributed by atoms with Crippen molar-refractivity contribution >= 4 is 44.3 Å². The molecule has 0 fully saturated rings. The third kappa shape index (κ3) is 6.99. The summed E-state index contributed by atoms with van der Waals surface area (Å²) in [5.41, 5.74) is 1.33. The Morgan fingerprint density at radius 3 is 2.42 bits per heavy atom. The Balaban J connectivity index is 1.85. The van der Waals surface area contributed by atoms with Gasteiger partial charge in [0.05, 0.1) is 17.1 Å². The van der Waals surface area contributed by atoms with Gasteiger partial charge in [0.25, 0.3) is 11.8 Å². The normalized spacial score (nSPS) is 13.7. The van der Waals surface area contributed by atoms with Crippen molar-refractivity contribution in [2.24, 2.45) is 0 Å². The highest BCUT2D eigenvalue weighted by Crippen LogP contribution is 2.37. The van der Waals surface area contributed by atoms with E-state index in [2.05, 4.69) is 22.5 Å². The van der Waals surface area contributed by atoms with Crippen LogP contribution < -0.4 is 10.6 Å². The second-order valence-electron chi connectivity index (χ2n) is 9.07. The molecule has 0 unspecified atom stereocenters. The van der Waals surface area contributed by atoms with E-state index in [4.69, 9.17) is 4.74 Å². The molecule has 208 valence electrons. The van der Waals surface area contributed by atoms with Gasteiger partial charge in [-0.2, -0.15) is 0 Å². The van der Waals surface area contributed by atoms with Crippen LogP contribution >= 0.6 is 11.3 Å². The fraction of sp³-hybridized carbons (Fsp3) is 0.500. The molecule has 1 aliphatic rings. The number of anilines is 1. The molecule has 38 heavy (non-hydrogen) atoms. The zero-order valence-corrected chi connectivity index (χ0v) is 24.0. The number of amides is 3. The van der Waals surface area contributed by atoms with Gasteiger partial charge in [-0.3, -0.25) is 19.8 Å². The maximum Gasteiger partial charge on any atom is 0.414 e. The third-order valence-electron chi connectivity index (χ3n) is 6.27. The molecule has 0 atom stereocenters. The van der Waals surface area contributed by atoms with Crippen LogP contribution in [0, 0.1) is 0 Å². The van der Waals surface area contributed by atoms with Crippen molar-refractivity contribution in [3.8, 4) is 0 Å². The van der Waals surface area contributed by atoms with Crippen LogP contribution in [-0.2, 0) is 27.7 Å². The first-order valence-corrected chi connectivity index (χ1v) is 15.1. The van der Waals surface area contributed by atoms with Gasteiger partial charge in [0.15, 0.2) is 0 Å². The summed E-state index contributed by atoms with van der Waals surface area (Å²) in [6.07, 6.45) is 2.40. The minimum atomic E-state index is -3.66. The van der Waals surface area contributed by atoms with E-state index in [1.54, 1.807) is 6.92 Å². The quantitative estimate of drug-likeness (QED) is 0.421. The Hall–Kier alpha value is -2.80. The molecule has 0 saturated heterocycles. The SMILES string of the molecule is CCCCN(C)S(=O)(=O)c1ccc(C(=O)Nc2sc3c(c2C(=O)NC(=O)OCC)CCN(CCC)C3)cc1. The Morgan fingerprint density at radius 2 is 1.79 bits per heavy atom. The summed E-state index contributed by atoms with van der Waals surface area (Å²) in [5, 5.41) is 5.40. The van der Waals surface area contributed by atoms with E-state index in [-0.39, 0.29) is 22.6 Å². The number of hydrogen-bond acceptors (Lipinski definition) is 8. The summed E-state index contributed by atoms with van der Waals surface area (Å²) in [6, 6.07) is 5.71. The molecular formula is C26H36N4O6S2. The molecule has 0 saturated carbocycles. The number of nitrogens with zero attached hydrogens (tertiary/aromatic N) is 2. The fourth-order valence-electron chi connectivity index (χ4n) is 4.25. The van der Waals surface area contributed by atoms with E-state index in [0.29, 0.717) is 24.5 Å². The predicted octanol–water partition coefficient (Wildman–Crippen LogP) is 4.08. The van der Waals surface area contributed by atoms with Crippen molar-refractivity contribution < 1.29 is 27.5 Å². The van der Waals surface area contributed by atoms with Crippen LogP contribution in [0.3, 0.4) is 0 Å². The van der Waals surface area contributed by atoms with E-state index < -0.39 is 27.9 Å². The van der Waals surface area contributed by atoms with Gasteiger partial charge >= 0.3 is 6.09 Å². The average Bonchev–Trinajstić information content (AvgIpc) is 3.24. The highest BCUT2D eigenvalue weighted by Gasteiger charge is 2.30. The van der Waals surface area contributed by atoms with Gasteiger partial charge in [-0.15, -0.1) is 11.3 Å². The number of benzene rings is 1. The van der Waals surface area contributed by atoms with E-state index in [9.17, 15) is 22.8 Å². The van der Waals surface area contributed by atoms with Crippen LogP contribution in [0.1, 0.15) is 71.2 Å². The standard InChI is InChI=1S/C26H36N4O6S2/c1-5-8-15-29(4)38(34,35)19-11-9-18(10-12-19)23(31)27-25-22(24(32)28-26(33)36-7-3)20-13-16-30(14-6-2)17-21(20)37-25/h9-12H,5-8,13-17H2,1-4H3,(H,27,31)(H,28,32,33). The molecule has 2 aromatic rings. The van der Waals surface area contributed by atoms with Crippen LogP contribution in [0.25, 0.3) is 0 Å². The predicted molar refractivity (Wildman–Crippen MR) is 147 cm³/mol. The molecule has 0 spiro atoms. The number of imide groups is 1. The summed E-state index contributed by atoms with van der Waals surface area (Å²) < 4.78 is 31.7. The first kappa shape index (κ1) is 29.8. The minimum absolute atomic E-state index is 0.102. The van der Waals surface area contributed by atoms with Gasteiger partial charge < -0.3 is 10.1 Å². The molecule has 0 aliphatic carbocycles. The van der Waals surface area contributed by atoms with E-state index in [1.807, 2.05) is 6.92 Å². The van der Waals surface area contributed by atoms with Gasteiger partial charge in [-0.25, -0.2) is 17.5 Å². The lowest BCUT2D eigenvalue weighted by Crippen LogP contribution is -2.34. The lowest BCUT2D eigenvalue weighted by atomic mass is 10.0. The Kier molecular flexibility index (Phi) is 10.4. The first-order chi connectivity index (χ1) is 18.1. The Labute approximate surface area is 228 Å². The van der Waals surface area contributed by atoms with Crippen molar-refractivity contribution in [1.29, 1.82) is 0 Å². The van der Waals surface area contributed by atoms with Gasteiger partial charge in [-0.05, 0) is 62.6 Å².